The predicted molar refractivity (Wildman–Crippen MR) is 104 cm³/mol. The first-order valence-electron chi connectivity index (χ1n) is 7.00. The minimum Gasteiger partial charge on any atom is -0.268 e. The number of benzene rings is 2. The first-order valence-corrected chi connectivity index (χ1v) is 9.33. The predicted octanol–water partition coefficient (Wildman–Crippen LogP) is 6.54. The summed E-state index contributed by atoms with van der Waals surface area (Å²) in [6.07, 6.45) is 1.53. The van der Waals surface area contributed by atoms with E-state index < -0.39 is 5.91 Å². The van der Waals surface area contributed by atoms with Crippen LogP contribution < -0.4 is 0 Å². The van der Waals surface area contributed by atoms with Crippen LogP contribution in [-0.2, 0) is 11.3 Å². The molecule has 0 saturated carbocycles. The van der Waals surface area contributed by atoms with Crippen LogP contribution in [0.25, 0.3) is 6.08 Å². The number of nitrogens with zero attached hydrogens (tertiary/aromatic N) is 1. The van der Waals surface area contributed by atoms with Gasteiger partial charge in [-0.05, 0) is 47.7 Å². The largest absolute Gasteiger partial charge is 0.293 e. The third-order valence-corrected chi connectivity index (χ3v) is 5.65. The zero-order valence-electron chi connectivity index (χ0n) is 12.4. The van der Waals surface area contributed by atoms with E-state index in [1.165, 1.54) is 6.08 Å². The fourth-order valence-corrected chi connectivity index (χ4v) is 4.03. The monoisotopic (exact) mass is 431 g/mol. The van der Waals surface area contributed by atoms with Gasteiger partial charge < -0.3 is 0 Å². The second kappa shape index (κ2) is 7.60. The van der Waals surface area contributed by atoms with E-state index >= 15 is 0 Å². The molecule has 1 fully saturated rings. The highest BCUT2D eigenvalue weighted by Crippen LogP contribution is 2.36. The molecule has 128 valence electrons. The molecule has 0 N–H and O–H groups in total. The van der Waals surface area contributed by atoms with Gasteiger partial charge in [-0.3, -0.25) is 14.5 Å². The van der Waals surface area contributed by atoms with Crippen molar-refractivity contribution in [2.24, 2.45) is 0 Å². The highest BCUT2D eigenvalue weighted by Gasteiger charge is 2.35. The van der Waals surface area contributed by atoms with Crippen LogP contribution in [0.5, 0.6) is 0 Å². The van der Waals surface area contributed by atoms with Gasteiger partial charge in [0.25, 0.3) is 11.1 Å². The number of hydrogen-bond donors (Lipinski definition) is 0. The van der Waals surface area contributed by atoms with E-state index in [0.717, 1.165) is 16.7 Å². The van der Waals surface area contributed by atoms with Crippen molar-refractivity contribution in [2.45, 2.75) is 6.54 Å². The van der Waals surface area contributed by atoms with Crippen molar-refractivity contribution in [1.82, 2.24) is 4.90 Å². The summed E-state index contributed by atoms with van der Waals surface area (Å²) in [6, 6.07) is 9.94. The normalized spacial score (nSPS) is 16.2. The second-order valence-electron chi connectivity index (χ2n) is 5.14. The third-order valence-electron chi connectivity index (χ3n) is 3.49. The molecule has 1 aliphatic heterocycles. The van der Waals surface area contributed by atoms with Gasteiger partial charge in [-0.1, -0.05) is 58.5 Å². The van der Waals surface area contributed by atoms with Crippen LogP contribution in [0.2, 0.25) is 20.1 Å². The van der Waals surface area contributed by atoms with Crippen molar-refractivity contribution in [2.75, 3.05) is 0 Å². The summed E-state index contributed by atoms with van der Waals surface area (Å²) in [5.74, 6) is -0.419. The van der Waals surface area contributed by atoms with Crippen LogP contribution in [0.4, 0.5) is 4.79 Å². The van der Waals surface area contributed by atoms with E-state index in [4.69, 9.17) is 46.4 Å². The van der Waals surface area contributed by atoms with Gasteiger partial charge in [0.2, 0.25) is 0 Å². The summed E-state index contributed by atoms with van der Waals surface area (Å²) in [4.78, 5) is 26.2. The number of hydrogen-bond acceptors (Lipinski definition) is 3. The van der Waals surface area contributed by atoms with Gasteiger partial charge in [0.05, 0.1) is 11.4 Å². The molecular weight excluding hydrogens is 424 g/mol. The Morgan fingerprint density at radius 2 is 1.64 bits per heavy atom. The standard InChI is InChI=1S/C17H9Cl4NO2S/c18-10-5-4-9(14(21)6-10)8-22-16(23)15(25-17(22)24)7-11-12(19)2-1-3-13(11)20/h1-7H,8H2/b15-7+. The lowest BCUT2D eigenvalue weighted by molar-refractivity contribution is -0.123. The molecule has 0 spiro atoms. The highest BCUT2D eigenvalue weighted by atomic mass is 35.5. The lowest BCUT2D eigenvalue weighted by atomic mass is 10.2. The van der Waals surface area contributed by atoms with Crippen LogP contribution in [0.3, 0.4) is 0 Å². The van der Waals surface area contributed by atoms with E-state index in [-0.39, 0.29) is 16.7 Å². The van der Waals surface area contributed by atoms with Crippen LogP contribution in [0, 0.1) is 0 Å². The lowest BCUT2D eigenvalue weighted by Gasteiger charge is -2.13. The average molecular weight is 433 g/mol. The molecule has 1 aliphatic rings. The van der Waals surface area contributed by atoms with E-state index in [1.807, 2.05) is 0 Å². The smallest absolute Gasteiger partial charge is 0.268 e. The highest BCUT2D eigenvalue weighted by molar-refractivity contribution is 8.18. The molecule has 25 heavy (non-hydrogen) atoms. The van der Waals surface area contributed by atoms with E-state index in [2.05, 4.69) is 0 Å². The van der Waals surface area contributed by atoms with Gasteiger partial charge in [0.1, 0.15) is 0 Å². The zero-order chi connectivity index (χ0) is 18.1. The number of thioether (sulfide) groups is 1. The number of carbonyl (C=O) groups is 2. The summed E-state index contributed by atoms with van der Waals surface area (Å²) in [6.45, 7) is 0.0638. The molecule has 2 amide bonds. The van der Waals surface area contributed by atoms with E-state index in [9.17, 15) is 9.59 Å². The van der Waals surface area contributed by atoms with Crippen molar-refractivity contribution in [1.29, 1.82) is 0 Å². The van der Waals surface area contributed by atoms with Crippen molar-refractivity contribution >= 4 is 75.4 Å². The maximum absolute atomic E-state index is 12.6. The number of carbonyl (C=O) groups excluding carboxylic acids is 2. The summed E-state index contributed by atoms with van der Waals surface area (Å²) >= 11 is 25.1. The Hall–Kier alpha value is -1.17. The topological polar surface area (TPSA) is 37.4 Å². The van der Waals surface area contributed by atoms with Crippen molar-refractivity contribution in [3.8, 4) is 0 Å². The molecule has 0 bridgehead atoms. The van der Waals surface area contributed by atoms with Crippen LogP contribution in [0.15, 0.2) is 41.3 Å². The van der Waals surface area contributed by atoms with Crippen LogP contribution in [0.1, 0.15) is 11.1 Å². The maximum atomic E-state index is 12.6. The first kappa shape index (κ1) is 18.6. The summed E-state index contributed by atoms with van der Waals surface area (Å²) in [7, 11) is 0. The number of halogens is 4. The van der Waals surface area contributed by atoms with Gasteiger partial charge >= 0.3 is 0 Å². The Bertz CT molecular complexity index is 893. The van der Waals surface area contributed by atoms with Crippen LogP contribution in [-0.4, -0.2) is 16.0 Å². The van der Waals surface area contributed by atoms with Gasteiger partial charge in [-0.2, -0.15) is 0 Å². The van der Waals surface area contributed by atoms with E-state index in [0.29, 0.717) is 31.2 Å². The first-order chi connectivity index (χ1) is 11.9. The van der Waals surface area contributed by atoms with Crippen molar-refractivity contribution < 1.29 is 9.59 Å². The summed E-state index contributed by atoms with van der Waals surface area (Å²) in [5, 5.41) is 1.30. The minimum atomic E-state index is -0.419. The molecule has 0 atom stereocenters. The van der Waals surface area contributed by atoms with E-state index in [1.54, 1.807) is 36.4 Å². The minimum absolute atomic E-state index is 0.0638. The molecule has 0 radical (unpaired) electrons. The van der Waals surface area contributed by atoms with Gasteiger partial charge in [0, 0.05) is 25.7 Å². The molecule has 1 saturated heterocycles. The maximum Gasteiger partial charge on any atom is 0.293 e. The average Bonchev–Trinajstić information content (AvgIpc) is 2.81. The zero-order valence-corrected chi connectivity index (χ0v) is 16.3. The Kier molecular flexibility index (Phi) is 5.66. The molecule has 0 unspecified atom stereocenters. The molecular formula is C17H9Cl4NO2S. The molecule has 0 aromatic heterocycles. The Balaban J connectivity index is 1.89. The third kappa shape index (κ3) is 3.99. The van der Waals surface area contributed by atoms with Gasteiger partial charge in [-0.25, -0.2) is 0 Å². The molecule has 2 aromatic carbocycles. The molecule has 0 aliphatic carbocycles. The Morgan fingerprint density at radius 3 is 2.28 bits per heavy atom. The molecule has 3 nitrogen and oxygen atoms in total. The second-order valence-corrected chi connectivity index (χ2v) is 7.79. The fourth-order valence-electron chi connectivity index (χ4n) is 2.24. The molecule has 8 heteroatoms. The van der Waals surface area contributed by atoms with Gasteiger partial charge in [0.15, 0.2) is 0 Å². The van der Waals surface area contributed by atoms with Gasteiger partial charge in [-0.15, -0.1) is 0 Å². The molecule has 3 rings (SSSR count). The molecule has 1 heterocycles. The van der Waals surface area contributed by atoms with Crippen molar-refractivity contribution in [3.05, 3.63) is 72.5 Å². The number of amides is 2. The quantitative estimate of drug-likeness (QED) is 0.517. The lowest BCUT2D eigenvalue weighted by Crippen LogP contribution is -2.27. The summed E-state index contributed by atoms with van der Waals surface area (Å²) in [5.41, 5.74) is 1.13. The number of rotatable bonds is 3. The Labute approximate surface area is 168 Å². The summed E-state index contributed by atoms with van der Waals surface area (Å²) < 4.78 is 0. The molecule has 2 aromatic rings. The SMILES string of the molecule is O=C1S/C(=C/c2c(Cl)cccc2Cl)C(=O)N1Cc1ccc(Cl)cc1Cl. The number of imide groups is 1. The van der Waals surface area contributed by atoms with Crippen molar-refractivity contribution in [3.63, 3.8) is 0 Å². The Morgan fingerprint density at radius 1 is 0.960 bits per heavy atom. The fraction of sp³-hybridized carbons (Fsp3) is 0.0588. The van der Waals surface area contributed by atoms with Crippen LogP contribution >= 0.6 is 58.2 Å².